The van der Waals surface area contributed by atoms with E-state index in [1.54, 1.807) is 19.2 Å². The molecule has 2 N–H and O–H groups in total. The van der Waals surface area contributed by atoms with Gasteiger partial charge in [0.05, 0.1) is 25.9 Å². The van der Waals surface area contributed by atoms with Crippen molar-refractivity contribution in [3.8, 4) is 0 Å². The van der Waals surface area contributed by atoms with Crippen LogP contribution in [0.4, 0.5) is 13.2 Å². The number of aliphatic imine (C=N–C) groups is 1. The highest BCUT2D eigenvalue weighted by molar-refractivity contribution is 5.79. The molecule has 1 aromatic rings. The fourth-order valence-electron chi connectivity index (χ4n) is 2.68. The molecule has 1 fully saturated rings. The maximum absolute atomic E-state index is 12.1. The molecule has 1 atom stereocenters. The van der Waals surface area contributed by atoms with Crippen molar-refractivity contribution in [3.05, 3.63) is 35.4 Å². The summed E-state index contributed by atoms with van der Waals surface area (Å²) < 4.78 is 51.9. The second kappa shape index (κ2) is 11.9. The van der Waals surface area contributed by atoms with E-state index >= 15 is 0 Å². The average molecular weight is 403 g/mol. The highest BCUT2D eigenvalue weighted by Gasteiger charge is 2.27. The molecule has 1 heterocycles. The monoisotopic (exact) mass is 403 g/mol. The van der Waals surface area contributed by atoms with Crippen LogP contribution in [0, 0.1) is 0 Å². The molecule has 0 bridgehead atoms. The van der Waals surface area contributed by atoms with Crippen molar-refractivity contribution in [2.45, 2.75) is 38.3 Å². The molecule has 0 radical (unpaired) electrons. The fourth-order valence-corrected chi connectivity index (χ4v) is 2.68. The van der Waals surface area contributed by atoms with E-state index < -0.39 is 12.8 Å². The number of nitrogens with zero attached hydrogens (tertiary/aromatic N) is 1. The van der Waals surface area contributed by atoms with Crippen LogP contribution in [0.2, 0.25) is 0 Å². The highest BCUT2D eigenvalue weighted by Crippen LogP contribution is 2.16. The summed E-state index contributed by atoms with van der Waals surface area (Å²) in [7, 11) is 1.68. The molecule has 0 amide bonds. The summed E-state index contributed by atoms with van der Waals surface area (Å²) in [5.41, 5.74) is 1.68. The van der Waals surface area contributed by atoms with Gasteiger partial charge in [-0.3, -0.25) is 4.99 Å². The van der Waals surface area contributed by atoms with Gasteiger partial charge in [0.2, 0.25) is 0 Å². The molecule has 0 spiro atoms. The number of alkyl halides is 3. The molecular weight excluding hydrogens is 375 g/mol. The lowest BCUT2D eigenvalue weighted by Gasteiger charge is -2.14. The standard InChI is InChI=1S/C19H28F3N3O3/c1-23-18(24-8-10-26-13-17-3-2-9-28-17)25-11-15-4-6-16(7-5-15)12-27-14-19(20,21)22/h4-7,17H,2-3,8-14H2,1H3,(H2,23,24,25). The smallest absolute Gasteiger partial charge is 0.377 e. The summed E-state index contributed by atoms with van der Waals surface area (Å²) in [5.74, 6) is 0.651. The Labute approximate surface area is 163 Å². The Balaban J connectivity index is 1.60. The number of halogens is 3. The van der Waals surface area contributed by atoms with E-state index in [1.165, 1.54) is 0 Å². The van der Waals surface area contributed by atoms with Gasteiger partial charge in [0.15, 0.2) is 5.96 Å². The third kappa shape index (κ3) is 9.38. The van der Waals surface area contributed by atoms with E-state index in [0.717, 1.165) is 25.0 Å². The Morgan fingerprint density at radius 1 is 1.18 bits per heavy atom. The van der Waals surface area contributed by atoms with Crippen LogP contribution >= 0.6 is 0 Å². The third-order valence-electron chi connectivity index (χ3n) is 4.11. The minimum atomic E-state index is -4.30. The van der Waals surface area contributed by atoms with Crippen LogP contribution in [-0.2, 0) is 27.4 Å². The van der Waals surface area contributed by atoms with Crippen molar-refractivity contribution in [3.63, 3.8) is 0 Å². The van der Waals surface area contributed by atoms with Crippen LogP contribution in [0.25, 0.3) is 0 Å². The van der Waals surface area contributed by atoms with E-state index in [2.05, 4.69) is 20.4 Å². The number of hydrogen-bond acceptors (Lipinski definition) is 4. The molecule has 1 saturated heterocycles. The number of benzene rings is 1. The molecule has 1 unspecified atom stereocenters. The topological polar surface area (TPSA) is 64.1 Å². The quantitative estimate of drug-likeness (QED) is 0.357. The SMILES string of the molecule is CN=C(NCCOCC1CCCO1)NCc1ccc(COCC(F)(F)F)cc1. The molecule has 2 rings (SSSR count). The first kappa shape index (κ1) is 22.4. The van der Waals surface area contributed by atoms with E-state index in [1.807, 2.05) is 12.1 Å². The largest absolute Gasteiger partial charge is 0.411 e. The molecule has 0 saturated carbocycles. The highest BCUT2D eigenvalue weighted by atomic mass is 19.4. The predicted molar refractivity (Wildman–Crippen MR) is 100 cm³/mol. The van der Waals surface area contributed by atoms with Gasteiger partial charge in [-0.1, -0.05) is 24.3 Å². The molecular formula is C19H28F3N3O3. The maximum atomic E-state index is 12.1. The molecule has 1 aromatic carbocycles. The van der Waals surface area contributed by atoms with Gasteiger partial charge in [-0.15, -0.1) is 0 Å². The van der Waals surface area contributed by atoms with Crippen LogP contribution in [0.1, 0.15) is 24.0 Å². The Kier molecular flexibility index (Phi) is 9.52. The van der Waals surface area contributed by atoms with Crippen molar-refractivity contribution >= 4 is 5.96 Å². The predicted octanol–water partition coefficient (Wildman–Crippen LogP) is 2.63. The van der Waals surface area contributed by atoms with Gasteiger partial charge in [0.25, 0.3) is 0 Å². The minimum absolute atomic E-state index is 0.0671. The average Bonchev–Trinajstić information content (AvgIpc) is 3.17. The van der Waals surface area contributed by atoms with E-state index in [4.69, 9.17) is 9.47 Å². The third-order valence-corrected chi connectivity index (χ3v) is 4.11. The van der Waals surface area contributed by atoms with Crippen molar-refractivity contribution in [2.24, 2.45) is 4.99 Å². The summed E-state index contributed by atoms with van der Waals surface area (Å²) in [6.07, 6.45) is -1.92. The molecule has 28 heavy (non-hydrogen) atoms. The maximum Gasteiger partial charge on any atom is 0.411 e. The molecule has 6 nitrogen and oxygen atoms in total. The van der Waals surface area contributed by atoms with E-state index in [-0.39, 0.29) is 12.7 Å². The summed E-state index contributed by atoms with van der Waals surface area (Å²) in [4.78, 5) is 4.15. The summed E-state index contributed by atoms with van der Waals surface area (Å²) in [6.45, 7) is 1.87. The van der Waals surface area contributed by atoms with Gasteiger partial charge < -0.3 is 24.8 Å². The van der Waals surface area contributed by atoms with Gasteiger partial charge in [0.1, 0.15) is 6.61 Å². The first-order valence-corrected chi connectivity index (χ1v) is 9.32. The zero-order valence-corrected chi connectivity index (χ0v) is 16.1. The first-order chi connectivity index (χ1) is 13.5. The van der Waals surface area contributed by atoms with Gasteiger partial charge in [-0.25, -0.2) is 0 Å². The number of rotatable bonds is 10. The van der Waals surface area contributed by atoms with Gasteiger partial charge in [0, 0.05) is 26.7 Å². The van der Waals surface area contributed by atoms with Crippen molar-refractivity contribution in [2.75, 3.05) is 40.0 Å². The van der Waals surface area contributed by atoms with Crippen LogP contribution in [0.15, 0.2) is 29.3 Å². The lowest BCUT2D eigenvalue weighted by Crippen LogP contribution is -2.38. The number of hydrogen-bond donors (Lipinski definition) is 2. The molecule has 1 aliphatic rings. The zero-order chi connectivity index (χ0) is 20.2. The second-order valence-electron chi connectivity index (χ2n) is 6.49. The summed E-state index contributed by atoms with van der Waals surface area (Å²) >= 11 is 0. The lowest BCUT2D eigenvalue weighted by molar-refractivity contribution is -0.176. The lowest BCUT2D eigenvalue weighted by atomic mass is 10.1. The fraction of sp³-hybridized carbons (Fsp3) is 0.632. The Morgan fingerprint density at radius 2 is 1.93 bits per heavy atom. The second-order valence-corrected chi connectivity index (χ2v) is 6.49. The number of ether oxygens (including phenoxy) is 3. The van der Waals surface area contributed by atoms with Crippen molar-refractivity contribution in [1.29, 1.82) is 0 Å². The van der Waals surface area contributed by atoms with Crippen LogP contribution in [0.5, 0.6) is 0 Å². The van der Waals surface area contributed by atoms with E-state index in [0.29, 0.717) is 37.8 Å². The molecule has 158 valence electrons. The molecule has 1 aliphatic heterocycles. The summed E-state index contributed by atoms with van der Waals surface area (Å²) in [5, 5.41) is 6.34. The van der Waals surface area contributed by atoms with Crippen molar-refractivity contribution < 1.29 is 27.4 Å². The van der Waals surface area contributed by atoms with Crippen LogP contribution < -0.4 is 10.6 Å². The first-order valence-electron chi connectivity index (χ1n) is 9.32. The molecule has 0 aromatic heterocycles. The summed E-state index contributed by atoms with van der Waals surface area (Å²) in [6, 6.07) is 7.19. The number of nitrogens with one attached hydrogen (secondary N) is 2. The molecule has 9 heteroatoms. The van der Waals surface area contributed by atoms with Crippen LogP contribution in [-0.4, -0.2) is 58.3 Å². The van der Waals surface area contributed by atoms with E-state index in [9.17, 15) is 13.2 Å². The van der Waals surface area contributed by atoms with Gasteiger partial charge in [-0.2, -0.15) is 13.2 Å². The zero-order valence-electron chi connectivity index (χ0n) is 16.1. The Morgan fingerprint density at radius 3 is 2.57 bits per heavy atom. The van der Waals surface area contributed by atoms with Crippen molar-refractivity contribution in [1.82, 2.24) is 10.6 Å². The van der Waals surface area contributed by atoms with Gasteiger partial charge in [-0.05, 0) is 24.0 Å². The Bertz CT molecular complexity index is 588. The van der Waals surface area contributed by atoms with Gasteiger partial charge >= 0.3 is 6.18 Å². The normalized spacial score (nSPS) is 17.7. The molecule has 0 aliphatic carbocycles. The van der Waals surface area contributed by atoms with Crippen LogP contribution in [0.3, 0.4) is 0 Å². The minimum Gasteiger partial charge on any atom is -0.377 e. The number of guanidine groups is 1. The Hall–Kier alpha value is -1.84.